The van der Waals surface area contributed by atoms with E-state index in [2.05, 4.69) is 5.32 Å². The lowest BCUT2D eigenvalue weighted by Gasteiger charge is -2.21. The summed E-state index contributed by atoms with van der Waals surface area (Å²) in [5, 5.41) is 2.48. The first-order valence-electron chi connectivity index (χ1n) is 9.54. The Bertz CT molecular complexity index is 947. The predicted octanol–water partition coefficient (Wildman–Crippen LogP) is 5.93. The van der Waals surface area contributed by atoms with E-state index in [1.54, 1.807) is 25.1 Å². The molecule has 0 aliphatic heterocycles. The Morgan fingerprint density at radius 1 is 0.900 bits per heavy atom. The molecule has 0 bridgehead atoms. The minimum absolute atomic E-state index is 0.0285. The maximum absolute atomic E-state index is 13.6. The molecule has 0 aromatic heterocycles. The van der Waals surface area contributed by atoms with Gasteiger partial charge in [0.05, 0.1) is 11.3 Å². The van der Waals surface area contributed by atoms with Crippen molar-refractivity contribution in [2.45, 2.75) is 18.5 Å². The summed E-state index contributed by atoms with van der Waals surface area (Å²) in [7, 11) is 3.33. The molecule has 1 N–H and O–H groups in total. The number of nitrogens with one attached hydrogen (secondary N) is 1. The first-order valence-corrected chi connectivity index (χ1v) is 9.54. The monoisotopic (exact) mass is 412 g/mol. The van der Waals surface area contributed by atoms with Crippen molar-refractivity contribution in [1.29, 1.82) is 0 Å². The molecule has 0 heterocycles. The summed E-state index contributed by atoms with van der Waals surface area (Å²) >= 11 is 0. The summed E-state index contributed by atoms with van der Waals surface area (Å²) in [6.45, 7) is 0. The van der Waals surface area contributed by atoms with Crippen LogP contribution in [-0.4, -0.2) is 20.0 Å². The smallest absolute Gasteiger partial charge is 0.378 e. The van der Waals surface area contributed by atoms with Gasteiger partial charge < -0.3 is 10.2 Å². The lowest BCUT2D eigenvalue weighted by atomic mass is 9.88. The van der Waals surface area contributed by atoms with Gasteiger partial charge in [0, 0.05) is 32.1 Å². The van der Waals surface area contributed by atoms with Gasteiger partial charge >= 0.3 is 6.18 Å². The fourth-order valence-corrected chi connectivity index (χ4v) is 3.34. The largest absolute Gasteiger partial charge is 0.418 e. The summed E-state index contributed by atoms with van der Waals surface area (Å²) in [6.07, 6.45) is -4.55. The summed E-state index contributed by atoms with van der Waals surface area (Å²) < 4.78 is 40.7. The molecule has 0 aliphatic carbocycles. The number of carbonyl (C=O) groups is 1. The number of alkyl halides is 3. The molecule has 0 fully saturated rings. The second-order valence-electron chi connectivity index (χ2n) is 7.25. The van der Waals surface area contributed by atoms with Crippen molar-refractivity contribution >= 4 is 17.3 Å². The Kier molecular flexibility index (Phi) is 6.45. The zero-order valence-corrected chi connectivity index (χ0v) is 16.8. The number of benzene rings is 3. The molecule has 0 spiro atoms. The van der Waals surface area contributed by atoms with Gasteiger partial charge in [-0.1, -0.05) is 60.7 Å². The molecule has 6 heteroatoms. The number of rotatable bonds is 6. The highest BCUT2D eigenvalue weighted by Crippen LogP contribution is 2.37. The van der Waals surface area contributed by atoms with Crippen molar-refractivity contribution in [3.63, 3.8) is 0 Å². The van der Waals surface area contributed by atoms with E-state index in [1.807, 2.05) is 60.7 Å². The van der Waals surface area contributed by atoms with Gasteiger partial charge in [-0.25, -0.2) is 0 Å². The molecule has 30 heavy (non-hydrogen) atoms. The van der Waals surface area contributed by atoms with Crippen molar-refractivity contribution in [3.05, 3.63) is 95.6 Å². The fraction of sp³-hybridized carbons (Fsp3) is 0.208. The van der Waals surface area contributed by atoms with Gasteiger partial charge in [0.2, 0.25) is 5.91 Å². The van der Waals surface area contributed by atoms with Crippen LogP contribution in [0.2, 0.25) is 0 Å². The second-order valence-corrected chi connectivity index (χ2v) is 7.25. The van der Waals surface area contributed by atoms with Gasteiger partial charge in [0.1, 0.15) is 0 Å². The molecular weight excluding hydrogens is 389 g/mol. The molecule has 0 saturated heterocycles. The van der Waals surface area contributed by atoms with Crippen molar-refractivity contribution < 1.29 is 18.0 Å². The molecule has 156 valence electrons. The van der Waals surface area contributed by atoms with E-state index in [0.29, 0.717) is 5.69 Å². The van der Waals surface area contributed by atoms with Crippen LogP contribution in [-0.2, 0) is 11.0 Å². The van der Waals surface area contributed by atoms with Crippen LogP contribution in [0.1, 0.15) is 29.0 Å². The third-order valence-electron chi connectivity index (χ3n) is 4.89. The fourth-order valence-electron chi connectivity index (χ4n) is 3.34. The number of hydrogen-bond donors (Lipinski definition) is 1. The number of carbonyl (C=O) groups excluding carboxylic acids is 1. The average molecular weight is 412 g/mol. The van der Waals surface area contributed by atoms with E-state index in [0.717, 1.165) is 17.2 Å². The molecule has 3 aromatic carbocycles. The Hall–Kier alpha value is -3.28. The van der Waals surface area contributed by atoms with Crippen LogP contribution in [0.5, 0.6) is 0 Å². The van der Waals surface area contributed by atoms with Crippen LogP contribution < -0.4 is 10.2 Å². The van der Waals surface area contributed by atoms with E-state index in [4.69, 9.17) is 0 Å². The highest BCUT2D eigenvalue weighted by atomic mass is 19.4. The van der Waals surface area contributed by atoms with Gasteiger partial charge in [0.15, 0.2) is 0 Å². The topological polar surface area (TPSA) is 32.3 Å². The van der Waals surface area contributed by atoms with Gasteiger partial charge in [-0.15, -0.1) is 0 Å². The van der Waals surface area contributed by atoms with Gasteiger partial charge in [-0.05, 0) is 29.3 Å². The third kappa shape index (κ3) is 5.20. The summed E-state index contributed by atoms with van der Waals surface area (Å²) in [5.41, 5.74) is 1.17. The van der Waals surface area contributed by atoms with Crippen LogP contribution >= 0.6 is 0 Å². The van der Waals surface area contributed by atoms with E-state index in [1.165, 1.54) is 6.07 Å². The van der Waals surface area contributed by atoms with Crippen LogP contribution in [0, 0.1) is 0 Å². The highest BCUT2D eigenvalue weighted by molar-refractivity contribution is 5.92. The minimum Gasteiger partial charge on any atom is -0.378 e. The summed E-state index contributed by atoms with van der Waals surface area (Å²) in [6, 6.07) is 22.8. The van der Waals surface area contributed by atoms with Crippen molar-refractivity contribution in [2.75, 3.05) is 24.3 Å². The van der Waals surface area contributed by atoms with Crippen LogP contribution in [0.25, 0.3) is 0 Å². The number of nitrogens with zero attached hydrogens (tertiary/aromatic N) is 1. The van der Waals surface area contributed by atoms with Crippen molar-refractivity contribution in [1.82, 2.24) is 0 Å². The number of anilines is 2. The quantitative estimate of drug-likeness (QED) is 0.544. The molecule has 3 nitrogen and oxygen atoms in total. The number of hydrogen-bond acceptors (Lipinski definition) is 2. The Morgan fingerprint density at radius 3 is 1.90 bits per heavy atom. The lowest BCUT2D eigenvalue weighted by molar-refractivity contribution is -0.136. The van der Waals surface area contributed by atoms with Crippen molar-refractivity contribution in [3.8, 4) is 0 Å². The zero-order valence-electron chi connectivity index (χ0n) is 16.8. The van der Waals surface area contributed by atoms with Gasteiger partial charge in [-0.2, -0.15) is 13.2 Å². The number of amides is 1. The molecule has 0 radical (unpaired) electrons. The van der Waals surface area contributed by atoms with Crippen molar-refractivity contribution in [2.24, 2.45) is 0 Å². The Labute approximate surface area is 174 Å². The van der Waals surface area contributed by atoms with Crippen LogP contribution in [0.15, 0.2) is 78.9 Å². The van der Waals surface area contributed by atoms with E-state index < -0.39 is 17.6 Å². The second kappa shape index (κ2) is 9.03. The molecule has 0 unspecified atom stereocenters. The first kappa shape index (κ1) is 21.4. The first-order chi connectivity index (χ1) is 14.3. The standard InChI is InChI=1S/C24H23F3N2O/c1-29(2)19-13-14-22(21(15-19)24(25,26)27)28-23(30)16-20(17-9-5-3-6-10-17)18-11-7-4-8-12-18/h3-15,20H,16H2,1-2H3,(H,28,30). The Morgan fingerprint density at radius 2 is 1.43 bits per heavy atom. The maximum atomic E-state index is 13.6. The summed E-state index contributed by atoms with van der Waals surface area (Å²) in [4.78, 5) is 14.4. The lowest BCUT2D eigenvalue weighted by Crippen LogP contribution is -2.20. The molecule has 3 aromatic rings. The zero-order chi connectivity index (χ0) is 21.7. The predicted molar refractivity (Wildman–Crippen MR) is 114 cm³/mol. The molecule has 0 atom stereocenters. The highest BCUT2D eigenvalue weighted by Gasteiger charge is 2.34. The molecular formula is C24H23F3N2O. The van der Waals surface area contributed by atoms with Crippen LogP contribution in [0.3, 0.4) is 0 Å². The average Bonchev–Trinajstić information content (AvgIpc) is 2.72. The van der Waals surface area contributed by atoms with E-state index in [9.17, 15) is 18.0 Å². The molecule has 1 amide bonds. The van der Waals surface area contributed by atoms with E-state index in [-0.39, 0.29) is 18.0 Å². The number of halogens is 3. The van der Waals surface area contributed by atoms with Gasteiger partial charge in [-0.3, -0.25) is 4.79 Å². The third-order valence-corrected chi connectivity index (χ3v) is 4.89. The normalized spacial score (nSPS) is 11.4. The summed E-state index contributed by atoms with van der Waals surface area (Å²) in [5.74, 6) is -0.737. The van der Waals surface area contributed by atoms with Crippen LogP contribution in [0.4, 0.5) is 24.5 Å². The Balaban J connectivity index is 1.88. The molecule has 0 aliphatic rings. The van der Waals surface area contributed by atoms with Gasteiger partial charge in [0.25, 0.3) is 0 Å². The minimum atomic E-state index is -4.58. The SMILES string of the molecule is CN(C)c1ccc(NC(=O)CC(c2ccccc2)c2ccccc2)c(C(F)(F)F)c1. The maximum Gasteiger partial charge on any atom is 0.418 e. The molecule has 3 rings (SSSR count). The van der Waals surface area contributed by atoms with E-state index >= 15 is 0 Å². The molecule has 0 saturated carbocycles.